The molecule has 0 unspecified atom stereocenters. The number of carbonyl (C=O) groups is 1. The molecule has 138 valence electrons. The fourth-order valence-corrected chi connectivity index (χ4v) is 2.09. The number of carbonyl (C=O) groups excluding carboxylic acids is 1. The summed E-state index contributed by atoms with van der Waals surface area (Å²) in [5.74, 6) is 0.981. The Bertz CT molecular complexity index is 310. The second-order valence-corrected chi connectivity index (χ2v) is 5.06. The molecule has 6 nitrogen and oxygen atoms in total. The number of hydrogen-bond donors (Lipinski definition) is 2. The predicted octanol–water partition coefficient (Wildman–Crippen LogP) is 2.23. The van der Waals surface area contributed by atoms with E-state index < -0.39 is 0 Å². The summed E-state index contributed by atoms with van der Waals surface area (Å²) < 4.78 is 5.02. The van der Waals surface area contributed by atoms with Gasteiger partial charge in [-0.3, -0.25) is 9.79 Å². The number of unbranched alkanes of at least 4 members (excludes halogenated alkanes) is 2. The Kier molecular flexibility index (Phi) is 19.1. The van der Waals surface area contributed by atoms with Gasteiger partial charge in [0.1, 0.15) is 0 Å². The molecular weight excluding hydrogens is 407 g/mol. The van der Waals surface area contributed by atoms with Gasteiger partial charge in [0.15, 0.2) is 5.96 Å². The van der Waals surface area contributed by atoms with E-state index in [1.807, 2.05) is 25.7 Å². The minimum absolute atomic E-state index is 0. The van der Waals surface area contributed by atoms with Gasteiger partial charge in [-0.05, 0) is 40.0 Å². The Morgan fingerprint density at radius 1 is 1.09 bits per heavy atom. The van der Waals surface area contributed by atoms with E-state index in [9.17, 15) is 4.79 Å². The number of nitrogens with one attached hydrogen (secondary N) is 2. The Labute approximate surface area is 158 Å². The van der Waals surface area contributed by atoms with Crippen molar-refractivity contribution < 1.29 is 9.53 Å². The maximum atomic E-state index is 11.9. The summed E-state index contributed by atoms with van der Waals surface area (Å²) in [6, 6.07) is 0. The maximum absolute atomic E-state index is 11.9. The molecule has 0 heterocycles. The first-order chi connectivity index (χ1) is 10.7. The number of amides is 1. The van der Waals surface area contributed by atoms with Gasteiger partial charge in [0.25, 0.3) is 0 Å². The molecule has 0 rings (SSSR count). The van der Waals surface area contributed by atoms with Gasteiger partial charge < -0.3 is 20.3 Å². The monoisotopic (exact) mass is 442 g/mol. The molecule has 0 atom stereocenters. The van der Waals surface area contributed by atoms with Gasteiger partial charge in [0.2, 0.25) is 5.91 Å². The van der Waals surface area contributed by atoms with Gasteiger partial charge in [-0.15, -0.1) is 24.0 Å². The standard InChI is InChI=1S/C16H34N4O2.HI/c1-5-17-16(18-12-9-8-10-14-22-4)19-13-11-15(21)20(6-2)7-3;/h5-14H2,1-4H3,(H2,17,18,19);1H. The molecule has 0 aliphatic rings. The van der Waals surface area contributed by atoms with Gasteiger partial charge in [-0.25, -0.2) is 0 Å². The van der Waals surface area contributed by atoms with Crippen LogP contribution in [-0.4, -0.2) is 63.2 Å². The number of ether oxygens (including phenoxy) is 1. The summed E-state index contributed by atoms with van der Waals surface area (Å²) in [4.78, 5) is 18.3. The van der Waals surface area contributed by atoms with E-state index in [2.05, 4.69) is 15.6 Å². The quantitative estimate of drug-likeness (QED) is 0.211. The fourth-order valence-electron chi connectivity index (χ4n) is 2.09. The van der Waals surface area contributed by atoms with E-state index in [1.54, 1.807) is 7.11 Å². The van der Waals surface area contributed by atoms with Gasteiger partial charge in [0.05, 0.1) is 0 Å². The third-order valence-electron chi connectivity index (χ3n) is 3.37. The average Bonchev–Trinajstić information content (AvgIpc) is 2.51. The zero-order chi connectivity index (χ0) is 16.6. The minimum Gasteiger partial charge on any atom is -0.385 e. The molecule has 0 radical (unpaired) electrons. The lowest BCUT2D eigenvalue weighted by Crippen LogP contribution is -2.40. The molecule has 23 heavy (non-hydrogen) atoms. The molecule has 0 aliphatic carbocycles. The van der Waals surface area contributed by atoms with Gasteiger partial charge in [-0.1, -0.05) is 0 Å². The Hall–Kier alpha value is -0.570. The molecule has 0 fully saturated rings. The molecule has 0 saturated carbocycles. The maximum Gasteiger partial charge on any atom is 0.224 e. The highest BCUT2D eigenvalue weighted by atomic mass is 127. The molecule has 2 N–H and O–H groups in total. The van der Waals surface area contributed by atoms with Crippen molar-refractivity contribution in [1.82, 2.24) is 15.5 Å². The number of aliphatic imine (C=N–C) groups is 1. The van der Waals surface area contributed by atoms with Crippen molar-refractivity contribution in [1.29, 1.82) is 0 Å². The van der Waals surface area contributed by atoms with Crippen LogP contribution in [0, 0.1) is 0 Å². The minimum atomic E-state index is 0. The number of halogens is 1. The van der Waals surface area contributed by atoms with Crippen molar-refractivity contribution in [2.24, 2.45) is 4.99 Å². The van der Waals surface area contributed by atoms with Crippen molar-refractivity contribution in [3.63, 3.8) is 0 Å². The summed E-state index contributed by atoms with van der Waals surface area (Å²) in [7, 11) is 1.73. The third kappa shape index (κ3) is 13.6. The predicted molar refractivity (Wildman–Crippen MR) is 108 cm³/mol. The summed E-state index contributed by atoms with van der Waals surface area (Å²) in [5, 5.41) is 6.43. The lowest BCUT2D eigenvalue weighted by Gasteiger charge is -2.19. The number of guanidine groups is 1. The molecule has 7 heteroatoms. The zero-order valence-corrected chi connectivity index (χ0v) is 17.5. The molecule has 0 spiro atoms. The van der Waals surface area contributed by atoms with Crippen LogP contribution in [0.3, 0.4) is 0 Å². The van der Waals surface area contributed by atoms with Crippen LogP contribution >= 0.6 is 24.0 Å². The van der Waals surface area contributed by atoms with Crippen molar-refractivity contribution in [2.45, 2.75) is 46.5 Å². The molecule has 0 saturated heterocycles. The Morgan fingerprint density at radius 2 is 1.78 bits per heavy atom. The molecule has 0 aromatic heterocycles. The second kappa shape index (κ2) is 17.8. The highest BCUT2D eigenvalue weighted by Gasteiger charge is 2.08. The molecule has 0 bridgehead atoms. The van der Waals surface area contributed by atoms with Crippen LogP contribution in [0.25, 0.3) is 0 Å². The second-order valence-electron chi connectivity index (χ2n) is 5.06. The van der Waals surface area contributed by atoms with E-state index in [-0.39, 0.29) is 29.9 Å². The molecule has 1 amide bonds. The molecule has 0 aromatic rings. The summed E-state index contributed by atoms with van der Waals surface area (Å²) in [5.41, 5.74) is 0. The highest BCUT2D eigenvalue weighted by Crippen LogP contribution is 1.96. The average molecular weight is 442 g/mol. The third-order valence-corrected chi connectivity index (χ3v) is 3.37. The van der Waals surface area contributed by atoms with Crippen LogP contribution in [0.1, 0.15) is 46.5 Å². The molecular formula is C16H35IN4O2. The van der Waals surface area contributed by atoms with Crippen LogP contribution in [0.15, 0.2) is 4.99 Å². The van der Waals surface area contributed by atoms with Crippen molar-refractivity contribution in [3.05, 3.63) is 0 Å². The molecule has 0 aliphatic heterocycles. The van der Waals surface area contributed by atoms with E-state index in [4.69, 9.17) is 4.74 Å². The number of nitrogens with zero attached hydrogens (tertiary/aromatic N) is 2. The Morgan fingerprint density at radius 3 is 2.35 bits per heavy atom. The van der Waals surface area contributed by atoms with E-state index in [0.29, 0.717) is 13.0 Å². The van der Waals surface area contributed by atoms with Crippen molar-refractivity contribution in [2.75, 3.05) is 46.4 Å². The fraction of sp³-hybridized carbons (Fsp3) is 0.875. The SMILES string of the molecule is CCNC(=NCCCCCOC)NCCC(=O)N(CC)CC.I. The smallest absolute Gasteiger partial charge is 0.224 e. The zero-order valence-electron chi connectivity index (χ0n) is 15.2. The lowest BCUT2D eigenvalue weighted by molar-refractivity contribution is -0.130. The normalized spacial score (nSPS) is 10.9. The number of methoxy groups -OCH3 is 1. The highest BCUT2D eigenvalue weighted by molar-refractivity contribution is 14.0. The number of rotatable bonds is 12. The number of hydrogen-bond acceptors (Lipinski definition) is 3. The summed E-state index contributed by atoms with van der Waals surface area (Å²) in [6.45, 7) is 10.6. The van der Waals surface area contributed by atoms with Crippen LogP contribution < -0.4 is 10.6 Å². The van der Waals surface area contributed by atoms with Gasteiger partial charge in [-0.2, -0.15) is 0 Å². The largest absolute Gasteiger partial charge is 0.385 e. The van der Waals surface area contributed by atoms with Crippen molar-refractivity contribution >= 4 is 35.8 Å². The first-order valence-electron chi connectivity index (χ1n) is 8.48. The van der Waals surface area contributed by atoms with Crippen LogP contribution in [0.5, 0.6) is 0 Å². The first-order valence-corrected chi connectivity index (χ1v) is 8.48. The van der Waals surface area contributed by atoms with Crippen LogP contribution in [0.2, 0.25) is 0 Å². The van der Waals surface area contributed by atoms with Gasteiger partial charge >= 0.3 is 0 Å². The lowest BCUT2D eigenvalue weighted by atomic mass is 10.2. The van der Waals surface area contributed by atoms with Crippen LogP contribution in [-0.2, 0) is 9.53 Å². The van der Waals surface area contributed by atoms with E-state index in [0.717, 1.165) is 58.0 Å². The molecule has 0 aromatic carbocycles. The Balaban J connectivity index is 0. The summed E-state index contributed by atoms with van der Waals surface area (Å²) >= 11 is 0. The topological polar surface area (TPSA) is 66.0 Å². The van der Waals surface area contributed by atoms with Crippen molar-refractivity contribution in [3.8, 4) is 0 Å². The van der Waals surface area contributed by atoms with E-state index in [1.165, 1.54) is 0 Å². The van der Waals surface area contributed by atoms with E-state index >= 15 is 0 Å². The van der Waals surface area contributed by atoms with Crippen LogP contribution in [0.4, 0.5) is 0 Å². The van der Waals surface area contributed by atoms with Gasteiger partial charge in [0, 0.05) is 52.9 Å². The summed E-state index contributed by atoms with van der Waals surface area (Å²) in [6.07, 6.45) is 3.75. The first kappa shape index (κ1) is 24.7.